The number of nitriles is 1. The normalized spacial score (nSPS) is 11.5. The summed E-state index contributed by atoms with van der Waals surface area (Å²) in [5, 5.41) is 14.1. The van der Waals surface area contributed by atoms with Crippen LogP contribution in [0.3, 0.4) is 0 Å². The van der Waals surface area contributed by atoms with Crippen LogP contribution in [0.1, 0.15) is 5.56 Å². The lowest BCUT2D eigenvalue weighted by Crippen LogP contribution is -1.93. The number of aromatic nitrogens is 2. The standard InChI is InChI=1S/C10H9N3O3S3/c1-13-10(17-2)6(5-11)9(12-13)7-3-4-8(18-7)19(14,15)16/h3-4H,1-2H3,(H,14,15,16). The highest BCUT2D eigenvalue weighted by Gasteiger charge is 2.20. The van der Waals surface area contributed by atoms with Crippen LogP contribution in [0.5, 0.6) is 0 Å². The first-order chi connectivity index (χ1) is 8.88. The molecule has 6 nitrogen and oxygen atoms in total. The second kappa shape index (κ2) is 4.97. The summed E-state index contributed by atoms with van der Waals surface area (Å²) in [5.41, 5.74) is 0.827. The number of hydrogen-bond donors (Lipinski definition) is 1. The van der Waals surface area contributed by atoms with E-state index in [4.69, 9.17) is 4.55 Å². The van der Waals surface area contributed by atoms with Gasteiger partial charge in [-0.2, -0.15) is 18.8 Å². The third-order valence-electron chi connectivity index (χ3n) is 2.37. The van der Waals surface area contributed by atoms with Gasteiger partial charge in [-0.15, -0.1) is 23.1 Å². The fraction of sp³-hybridized carbons (Fsp3) is 0.200. The average Bonchev–Trinajstić information content (AvgIpc) is 2.91. The maximum absolute atomic E-state index is 11.0. The van der Waals surface area contributed by atoms with Crippen LogP contribution >= 0.6 is 23.1 Å². The van der Waals surface area contributed by atoms with Crippen molar-refractivity contribution < 1.29 is 13.0 Å². The molecule has 0 radical (unpaired) electrons. The van der Waals surface area contributed by atoms with Gasteiger partial charge in [-0.1, -0.05) is 0 Å². The molecule has 9 heteroatoms. The number of aryl methyl sites for hydroxylation is 1. The molecule has 0 saturated carbocycles. The van der Waals surface area contributed by atoms with E-state index < -0.39 is 10.1 Å². The van der Waals surface area contributed by atoms with E-state index in [0.29, 0.717) is 21.2 Å². The smallest absolute Gasteiger partial charge is 0.281 e. The molecule has 2 rings (SSSR count). The molecule has 19 heavy (non-hydrogen) atoms. The van der Waals surface area contributed by atoms with Crippen molar-refractivity contribution in [1.82, 2.24) is 9.78 Å². The second-order valence-electron chi connectivity index (χ2n) is 3.56. The Morgan fingerprint density at radius 1 is 1.53 bits per heavy atom. The number of hydrogen-bond acceptors (Lipinski definition) is 6. The first-order valence-corrected chi connectivity index (χ1v) is 8.45. The molecule has 0 amide bonds. The molecule has 2 heterocycles. The predicted octanol–water partition coefficient (Wildman–Crippen LogP) is 1.99. The highest BCUT2D eigenvalue weighted by molar-refractivity contribution is 7.98. The van der Waals surface area contributed by atoms with Gasteiger partial charge in [-0.25, -0.2) is 0 Å². The van der Waals surface area contributed by atoms with E-state index in [2.05, 4.69) is 11.2 Å². The Morgan fingerprint density at radius 3 is 2.68 bits per heavy atom. The van der Waals surface area contributed by atoms with Crippen molar-refractivity contribution in [3.8, 4) is 16.6 Å². The van der Waals surface area contributed by atoms with Crippen molar-refractivity contribution in [2.75, 3.05) is 6.26 Å². The number of nitrogens with zero attached hydrogens (tertiary/aromatic N) is 3. The molecule has 0 saturated heterocycles. The van der Waals surface area contributed by atoms with Crippen molar-refractivity contribution >= 4 is 33.2 Å². The van der Waals surface area contributed by atoms with Crippen LogP contribution in [0.2, 0.25) is 0 Å². The van der Waals surface area contributed by atoms with Crippen LogP contribution in [0.25, 0.3) is 10.6 Å². The van der Waals surface area contributed by atoms with Crippen LogP contribution in [-0.2, 0) is 17.2 Å². The van der Waals surface area contributed by atoms with Crippen LogP contribution in [0.4, 0.5) is 0 Å². The largest absolute Gasteiger partial charge is 0.304 e. The van der Waals surface area contributed by atoms with E-state index in [1.807, 2.05) is 6.26 Å². The third kappa shape index (κ3) is 2.52. The Morgan fingerprint density at radius 2 is 2.21 bits per heavy atom. The van der Waals surface area contributed by atoms with Gasteiger partial charge in [-0.3, -0.25) is 9.23 Å². The summed E-state index contributed by atoms with van der Waals surface area (Å²) >= 11 is 2.27. The molecule has 0 aromatic carbocycles. The van der Waals surface area contributed by atoms with Crippen molar-refractivity contribution in [2.24, 2.45) is 7.05 Å². The molecule has 0 spiro atoms. The Hall–Kier alpha value is -1.34. The van der Waals surface area contributed by atoms with Crippen molar-refractivity contribution in [3.63, 3.8) is 0 Å². The van der Waals surface area contributed by atoms with E-state index in [1.165, 1.54) is 23.9 Å². The van der Waals surface area contributed by atoms with E-state index in [-0.39, 0.29) is 4.21 Å². The van der Waals surface area contributed by atoms with Crippen molar-refractivity contribution in [2.45, 2.75) is 9.24 Å². The van der Waals surface area contributed by atoms with Crippen LogP contribution in [0.15, 0.2) is 21.4 Å². The number of rotatable bonds is 3. The van der Waals surface area contributed by atoms with E-state index in [0.717, 1.165) is 11.3 Å². The zero-order valence-corrected chi connectivity index (χ0v) is 12.4. The van der Waals surface area contributed by atoms with Gasteiger partial charge >= 0.3 is 10.1 Å². The monoisotopic (exact) mass is 315 g/mol. The molecule has 0 fully saturated rings. The SMILES string of the molecule is CSc1c(C#N)c(-c2ccc(S(=O)(=O)O)s2)nn1C. The zero-order chi connectivity index (χ0) is 14.2. The first-order valence-electron chi connectivity index (χ1n) is 4.97. The maximum Gasteiger partial charge on any atom is 0.304 e. The molecule has 0 aliphatic heterocycles. The van der Waals surface area contributed by atoms with Crippen LogP contribution < -0.4 is 0 Å². The van der Waals surface area contributed by atoms with Gasteiger partial charge in [0.15, 0.2) is 0 Å². The molecule has 0 aliphatic rings. The second-order valence-corrected chi connectivity index (χ2v) is 7.09. The van der Waals surface area contributed by atoms with Gasteiger partial charge < -0.3 is 0 Å². The Balaban J connectivity index is 2.61. The fourth-order valence-electron chi connectivity index (χ4n) is 1.60. The number of thiophene rings is 1. The lowest BCUT2D eigenvalue weighted by Gasteiger charge is -1.94. The van der Waals surface area contributed by atoms with Crippen molar-refractivity contribution in [1.29, 1.82) is 5.26 Å². The molecule has 100 valence electrons. The molecule has 0 aliphatic carbocycles. The molecule has 0 bridgehead atoms. The van der Waals surface area contributed by atoms with Gasteiger partial charge in [0.25, 0.3) is 0 Å². The molecule has 1 N–H and O–H groups in total. The topological polar surface area (TPSA) is 96.0 Å². The number of thioether (sulfide) groups is 1. The zero-order valence-electron chi connectivity index (χ0n) is 9.98. The maximum atomic E-state index is 11.0. The molecular formula is C10H9N3O3S3. The summed E-state index contributed by atoms with van der Waals surface area (Å²) < 4.78 is 32.4. The van der Waals surface area contributed by atoms with Gasteiger partial charge in [0.1, 0.15) is 26.6 Å². The minimum absolute atomic E-state index is 0.164. The summed E-state index contributed by atoms with van der Waals surface area (Å²) in [6, 6.07) is 4.90. The molecule has 2 aromatic rings. The molecular weight excluding hydrogens is 306 g/mol. The lowest BCUT2D eigenvalue weighted by molar-refractivity contribution is 0.485. The summed E-state index contributed by atoms with van der Waals surface area (Å²) in [4.78, 5) is 0.528. The molecule has 0 atom stereocenters. The quantitative estimate of drug-likeness (QED) is 0.687. The summed E-state index contributed by atoms with van der Waals surface area (Å²) in [5.74, 6) is 0. The Labute approximate surface area is 118 Å². The molecule has 0 unspecified atom stereocenters. The highest BCUT2D eigenvalue weighted by atomic mass is 32.3. The van der Waals surface area contributed by atoms with E-state index >= 15 is 0 Å². The fourth-order valence-corrected chi connectivity index (χ4v) is 3.91. The Kier molecular flexibility index (Phi) is 3.69. The van der Waals surface area contributed by atoms with Crippen LogP contribution in [-0.4, -0.2) is 29.0 Å². The Bertz CT molecular complexity index is 768. The third-order valence-corrected chi connectivity index (χ3v) is 5.64. The van der Waals surface area contributed by atoms with Crippen LogP contribution in [0, 0.1) is 11.3 Å². The highest BCUT2D eigenvalue weighted by Crippen LogP contribution is 2.35. The summed E-state index contributed by atoms with van der Waals surface area (Å²) in [6.07, 6.45) is 1.83. The van der Waals surface area contributed by atoms with Gasteiger partial charge in [-0.05, 0) is 18.4 Å². The van der Waals surface area contributed by atoms with Gasteiger partial charge in [0.05, 0.1) is 4.88 Å². The minimum Gasteiger partial charge on any atom is -0.281 e. The van der Waals surface area contributed by atoms with E-state index in [1.54, 1.807) is 11.7 Å². The van der Waals surface area contributed by atoms with E-state index in [9.17, 15) is 13.7 Å². The average molecular weight is 315 g/mol. The molecule has 2 aromatic heterocycles. The van der Waals surface area contributed by atoms with Gasteiger partial charge in [0.2, 0.25) is 0 Å². The van der Waals surface area contributed by atoms with Gasteiger partial charge in [0, 0.05) is 7.05 Å². The first kappa shape index (κ1) is 14.1. The minimum atomic E-state index is -4.22. The van der Waals surface area contributed by atoms with Crippen molar-refractivity contribution in [3.05, 3.63) is 17.7 Å². The predicted molar refractivity (Wildman–Crippen MR) is 72.8 cm³/mol. The summed E-state index contributed by atoms with van der Waals surface area (Å²) in [6.45, 7) is 0. The summed E-state index contributed by atoms with van der Waals surface area (Å²) in [7, 11) is -2.51. The lowest BCUT2D eigenvalue weighted by atomic mass is 10.2.